The van der Waals surface area contributed by atoms with Crippen molar-refractivity contribution in [2.45, 2.75) is 6.92 Å². The van der Waals surface area contributed by atoms with Crippen molar-refractivity contribution < 1.29 is 4.79 Å². The number of carbonyl (C=O) groups excluding carboxylic acids is 1. The number of halogens is 2. The van der Waals surface area contributed by atoms with Gasteiger partial charge < -0.3 is 4.90 Å². The first-order valence-electron chi connectivity index (χ1n) is 6.23. The number of Topliss-reactive ketones (excluding diaryl/α,β-unsaturated/α-hetero) is 1. The standard InChI is InChI=1S/C16H15Cl2NO/c1-11-3-6-13(7-4-11)19(2)10-16(20)12-5-8-14(17)15(18)9-12/h3-9H,10H2,1-2H3. The summed E-state index contributed by atoms with van der Waals surface area (Å²) in [6.07, 6.45) is 0. The molecule has 0 aromatic heterocycles. The van der Waals surface area contributed by atoms with Crippen LogP contribution in [-0.2, 0) is 0 Å². The van der Waals surface area contributed by atoms with E-state index in [1.807, 2.05) is 43.1 Å². The lowest BCUT2D eigenvalue weighted by atomic mass is 10.1. The van der Waals surface area contributed by atoms with Gasteiger partial charge in [-0.05, 0) is 37.3 Å². The highest BCUT2D eigenvalue weighted by Gasteiger charge is 2.11. The van der Waals surface area contributed by atoms with Gasteiger partial charge >= 0.3 is 0 Å². The van der Waals surface area contributed by atoms with Crippen molar-refractivity contribution in [2.24, 2.45) is 0 Å². The Kier molecular flexibility index (Phi) is 4.69. The van der Waals surface area contributed by atoms with Gasteiger partial charge in [-0.2, -0.15) is 0 Å². The Balaban J connectivity index is 2.10. The molecule has 2 nitrogen and oxygen atoms in total. The monoisotopic (exact) mass is 307 g/mol. The molecule has 0 aliphatic heterocycles. The third-order valence-electron chi connectivity index (χ3n) is 3.10. The minimum atomic E-state index is 0.00615. The summed E-state index contributed by atoms with van der Waals surface area (Å²) in [6.45, 7) is 2.33. The van der Waals surface area contributed by atoms with Crippen molar-refractivity contribution in [3.05, 3.63) is 63.6 Å². The molecule has 0 atom stereocenters. The Labute approximate surface area is 128 Å². The Morgan fingerprint density at radius 1 is 1.05 bits per heavy atom. The van der Waals surface area contributed by atoms with Gasteiger partial charge in [-0.25, -0.2) is 0 Å². The number of hydrogen-bond donors (Lipinski definition) is 0. The number of hydrogen-bond acceptors (Lipinski definition) is 2. The van der Waals surface area contributed by atoms with Crippen LogP contribution in [0.25, 0.3) is 0 Å². The maximum atomic E-state index is 12.2. The molecule has 20 heavy (non-hydrogen) atoms. The molecule has 0 radical (unpaired) electrons. The zero-order valence-electron chi connectivity index (χ0n) is 11.4. The minimum absolute atomic E-state index is 0.00615. The summed E-state index contributed by atoms with van der Waals surface area (Å²) in [6, 6.07) is 13.0. The topological polar surface area (TPSA) is 20.3 Å². The molecule has 0 aliphatic rings. The second kappa shape index (κ2) is 6.29. The lowest BCUT2D eigenvalue weighted by molar-refractivity contribution is 0.100. The predicted molar refractivity (Wildman–Crippen MR) is 85.2 cm³/mol. The molecule has 0 amide bonds. The normalized spacial score (nSPS) is 10.4. The highest BCUT2D eigenvalue weighted by atomic mass is 35.5. The number of anilines is 1. The fraction of sp³-hybridized carbons (Fsp3) is 0.188. The minimum Gasteiger partial charge on any atom is -0.367 e. The van der Waals surface area contributed by atoms with Crippen molar-refractivity contribution >= 4 is 34.7 Å². The van der Waals surface area contributed by atoms with E-state index in [0.717, 1.165) is 5.69 Å². The van der Waals surface area contributed by atoms with E-state index in [2.05, 4.69) is 0 Å². The van der Waals surface area contributed by atoms with Crippen LogP contribution in [0, 0.1) is 6.92 Å². The van der Waals surface area contributed by atoms with Gasteiger partial charge in [0.15, 0.2) is 5.78 Å². The quantitative estimate of drug-likeness (QED) is 0.768. The number of aryl methyl sites for hydroxylation is 1. The largest absolute Gasteiger partial charge is 0.367 e. The van der Waals surface area contributed by atoms with Crippen LogP contribution in [0.4, 0.5) is 5.69 Å². The van der Waals surface area contributed by atoms with Gasteiger partial charge in [0.05, 0.1) is 16.6 Å². The fourth-order valence-electron chi connectivity index (χ4n) is 1.87. The summed E-state index contributed by atoms with van der Waals surface area (Å²) < 4.78 is 0. The first-order chi connectivity index (χ1) is 9.47. The zero-order chi connectivity index (χ0) is 14.7. The van der Waals surface area contributed by atoms with Crippen molar-refractivity contribution in [1.29, 1.82) is 0 Å². The number of rotatable bonds is 4. The maximum absolute atomic E-state index is 12.2. The molecule has 0 saturated heterocycles. The maximum Gasteiger partial charge on any atom is 0.182 e. The molecule has 4 heteroatoms. The summed E-state index contributed by atoms with van der Waals surface area (Å²) in [4.78, 5) is 14.1. The van der Waals surface area contributed by atoms with Crippen LogP contribution in [0.5, 0.6) is 0 Å². The van der Waals surface area contributed by atoms with Crippen LogP contribution in [-0.4, -0.2) is 19.4 Å². The molecule has 0 spiro atoms. The molecule has 0 aliphatic carbocycles. The van der Waals surface area contributed by atoms with Crippen molar-refractivity contribution in [3.63, 3.8) is 0 Å². The van der Waals surface area contributed by atoms with Crippen LogP contribution < -0.4 is 4.90 Å². The SMILES string of the molecule is Cc1ccc(N(C)CC(=O)c2ccc(Cl)c(Cl)c2)cc1. The third-order valence-corrected chi connectivity index (χ3v) is 3.84. The molecule has 2 aromatic rings. The number of ketones is 1. The van der Waals surface area contributed by atoms with E-state index in [-0.39, 0.29) is 5.78 Å². The van der Waals surface area contributed by atoms with Crippen LogP contribution in [0.1, 0.15) is 15.9 Å². The highest BCUT2D eigenvalue weighted by Crippen LogP contribution is 2.23. The van der Waals surface area contributed by atoms with Gasteiger partial charge in [-0.3, -0.25) is 4.79 Å². The fourth-order valence-corrected chi connectivity index (χ4v) is 2.16. The van der Waals surface area contributed by atoms with Gasteiger partial charge in [-0.15, -0.1) is 0 Å². The zero-order valence-corrected chi connectivity index (χ0v) is 12.9. The lowest BCUT2D eigenvalue weighted by Gasteiger charge is -2.18. The van der Waals surface area contributed by atoms with Crippen LogP contribution in [0.15, 0.2) is 42.5 Å². The first kappa shape index (κ1) is 14.9. The third kappa shape index (κ3) is 3.53. The Morgan fingerprint density at radius 3 is 2.30 bits per heavy atom. The Hall–Kier alpha value is -1.51. The van der Waals surface area contributed by atoms with E-state index < -0.39 is 0 Å². The van der Waals surface area contributed by atoms with Crippen molar-refractivity contribution in [3.8, 4) is 0 Å². The predicted octanol–water partition coefficient (Wildman–Crippen LogP) is 4.62. The summed E-state index contributed by atoms with van der Waals surface area (Å²) in [5.41, 5.74) is 2.76. The Morgan fingerprint density at radius 2 is 1.70 bits per heavy atom. The van der Waals surface area contributed by atoms with Gasteiger partial charge in [0.2, 0.25) is 0 Å². The molecule has 2 rings (SSSR count). The van der Waals surface area contributed by atoms with Gasteiger partial charge in [0.25, 0.3) is 0 Å². The molecular formula is C16H15Cl2NO. The first-order valence-corrected chi connectivity index (χ1v) is 6.99. The molecule has 0 heterocycles. The Bertz CT molecular complexity index is 623. The van der Waals surface area contributed by atoms with E-state index in [9.17, 15) is 4.79 Å². The van der Waals surface area contributed by atoms with E-state index in [1.165, 1.54) is 5.56 Å². The van der Waals surface area contributed by atoms with E-state index in [4.69, 9.17) is 23.2 Å². The number of nitrogens with zero attached hydrogens (tertiary/aromatic N) is 1. The van der Waals surface area contributed by atoms with Crippen molar-refractivity contribution in [1.82, 2.24) is 0 Å². The van der Waals surface area contributed by atoms with E-state index >= 15 is 0 Å². The van der Waals surface area contributed by atoms with Crippen LogP contribution >= 0.6 is 23.2 Å². The smallest absolute Gasteiger partial charge is 0.182 e. The number of carbonyl (C=O) groups is 1. The van der Waals surface area contributed by atoms with E-state index in [0.29, 0.717) is 22.2 Å². The average molecular weight is 308 g/mol. The summed E-state index contributed by atoms with van der Waals surface area (Å²) >= 11 is 11.8. The molecule has 0 N–H and O–H groups in total. The second-order valence-corrected chi connectivity index (χ2v) is 5.56. The summed E-state index contributed by atoms with van der Waals surface area (Å²) in [5, 5.41) is 0.852. The number of likely N-dealkylation sites (N-methyl/N-ethyl adjacent to an activating group) is 1. The molecule has 104 valence electrons. The van der Waals surface area contributed by atoms with Gasteiger partial charge in [0, 0.05) is 18.3 Å². The average Bonchev–Trinajstić information content (AvgIpc) is 2.42. The van der Waals surface area contributed by atoms with Gasteiger partial charge in [-0.1, -0.05) is 40.9 Å². The lowest BCUT2D eigenvalue weighted by Crippen LogP contribution is -2.25. The van der Waals surface area contributed by atoms with E-state index in [1.54, 1.807) is 18.2 Å². The molecule has 0 bridgehead atoms. The van der Waals surface area contributed by atoms with Crippen LogP contribution in [0.2, 0.25) is 10.0 Å². The molecule has 0 saturated carbocycles. The summed E-state index contributed by atoms with van der Waals surface area (Å²) in [5.74, 6) is 0.00615. The molecule has 0 unspecified atom stereocenters. The summed E-state index contributed by atoms with van der Waals surface area (Å²) in [7, 11) is 1.89. The van der Waals surface area contributed by atoms with Gasteiger partial charge in [0.1, 0.15) is 0 Å². The molecular weight excluding hydrogens is 293 g/mol. The second-order valence-electron chi connectivity index (χ2n) is 4.74. The molecule has 0 fully saturated rings. The van der Waals surface area contributed by atoms with Crippen LogP contribution in [0.3, 0.4) is 0 Å². The highest BCUT2D eigenvalue weighted by molar-refractivity contribution is 6.42. The number of benzene rings is 2. The van der Waals surface area contributed by atoms with Crippen molar-refractivity contribution in [2.75, 3.05) is 18.5 Å². The molecule has 2 aromatic carbocycles.